The predicted molar refractivity (Wildman–Crippen MR) is 73.3 cm³/mol. The number of rotatable bonds is 12. The molecule has 0 saturated heterocycles. The van der Waals surface area contributed by atoms with E-state index in [1.54, 1.807) is 0 Å². The van der Waals surface area contributed by atoms with Gasteiger partial charge in [0, 0.05) is 13.0 Å². The molecule has 2 heteroatoms. The lowest BCUT2D eigenvalue weighted by Crippen LogP contribution is -2.24. The van der Waals surface area contributed by atoms with Crippen molar-refractivity contribution in [1.82, 2.24) is 0 Å². The van der Waals surface area contributed by atoms with Crippen LogP contribution >= 0.6 is 0 Å². The van der Waals surface area contributed by atoms with Crippen LogP contribution in [0.4, 0.5) is 0 Å². The Bertz CT molecular complexity index is 172. The summed E-state index contributed by atoms with van der Waals surface area (Å²) in [5, 5.41) is 0. The highest BCUT2D eigenvalue weighted by molar-refractivity contribution is 5.82. The number of hydrogen-bond donors (Lipinski definition) is 0. The summed E-state index contributed by atoms with van der Waals surface area (Å²) in [5.41, 5.74) is 0. The van der Waals surface area contributed by atoms with Gasteiger partial charge < -0.3 is 4.74 Å². The fraction of sp³-hybridized carbons (Fsp3) is 0.933. The molecule has 1 unspecified atom stereocenters. The average molecular weight is 242 g/mol. The van der Waals surface area contributed by atoms with E-state index in [1.165, 1.54) is 32.1 Å². The minimum Gasteiger partial charge on any atom is -0.371 e. The maximum atomic E-state index is 11.9. The van der Waals surface area contributed by atoms with Crippen molar-refractivity contribution >= 4 is 5.78 Å². The highest BCUT2D eigenvalue weighted by Crippen LogP contribution is 2.11. The fourth-order valence-corrected chi connectivity index (χ4v) is 2.04. The van der Waals surface area contributed by atoms with Gasteiger partial charge in [0.15, 0.2) is 5.78 Å². The van der Waals surface area contributed by atoms with Crippen molar-refractivity contribution in [2.75, 3.05) is 6.61 Å². The lowest BCUT2D eigenvalue weighted by Gasteiger charge is -2.14. The summed E-state index contributed by atoms with van der Waals surface area (Å²) in [5.74, 6) is 0.309. The molecule has 0 spiro atoms. The molecule has 0 radical (unpaired) electrons. The normalized spacial score (nSPS) is 12.6. The molecule has 0 saturated carbocycles. The molecular formula is C15H30O2. The molecule has 0 rings (SSSR count). The molecule has 17 heavy (non-hydrogen) atoms. The molecular weight excluding hydrogens is 212 g/mol. The summed E-state index contributed by atoms with van der Waals surface area (Å²) in [7, 11) is 0. The van der Waals surface area contributed by atoms with Crippen molar-refractivity contribution in [3.63, 3.8) is 0 Å². The van der Waals surface area contributed by atoms with Crippen LogP contribution in [0.5, 0.6) is 0 Å². The van der Waals surface area contributed by atoms with E-state index in [-0.39, 0.29) is 6.10 Å². The van der Waals surface area contributed by atoms with Crippen LogP contribution in [0.1, 0.15) is 78.6 Å². The zero-order valence-corrected chi connectivity index (χ0v) is 12.0. The largest absolute Gasteiger partial charge is 0.371 e. The van der Waals surface area contributed by atoms with Gasteiger partial charge in [-0.15, -0.1) is 0 Å². The third-order valence-corrected chi connectivity index (χ3v) is 3.05. The maximum absolute atomic E-state index is 11.9. The van der Waals surface area contributed by atoms with Crippen LogP contribution in [0.25, 0.3) is 0 Å². The second kappa shape index (κ2) is 12.1. The van der Waals surface area contributed by atoms with Gasteiger partial charge in [-0.3, -0.25) is 4.79 Å². The molecule has 0 heterocycles. The first-order valence-corrected chi connectivity index (χ1v) is 7.40. The van der Waals surface area contributed by atoms with Crippen molar-refractivity contribution in [2.24, 2.45) is 0 Å². The number of carbonyl (C=O) groups is 1. The van der Waals surface area contributed by atoms with Crippen LogP contribution in [0, 0.1) is 0 Å². The topological polar surface area (TPSA) is 26.3 Å². The van der Waals surface area contributed by atoms with E-state index in [1.807, 2.05) is 6.92 Å². The van der Waals surface area contributed by atoms with Crippen molar-refractivity contribution in [2.45, 2.75) is 84.7 Å². The Balaban J connectivity index is 3.59. The Labute approximate surface area is 107 Å². The van der Waals surface area contributed by atoms with E-state index in [9.17, 15) is 4.79 Å². The first-order valence-electron chi connectivity index (χ1n) is 7.40. The molecule has 0 aromatic carbocycles. The van der Waals surface area contributed by atoms with E-state index in [0.29, 0.717) is 18.8 Å². The van der Waals surface area contributed by atoms with E-state index in [2.05, 4.69) is 13.8 Å². The van der Waals surface area contributed by atoms with Gasteiger partial charge in [-0.2, -0.15) is 0 Å². The van der Waals surface area contributed by atoms with E-state index in [4.69, 9.17) is 4.74 Å². The number of ether oxygens (including phenoxy) is 1. The van der Waals surface area contributed by atoms with Gasteiger partial charge in [0.1, 0.15) is 6.10 Å². The second-order valence-corrected chi connectivity index (χ2v) is 4.72. The van der Waals surface area contributed by atoms with Crippen molar-refractivity contribution in [3.8, 4) is 0 Å². The number of hydrogen-bond acceptors (Lipinski definition) is 2. The monoisotopic (exact) mass is 242 g/mol. The molecule has 0 fully saturated rings. The Kier molecular flexibility index (Phi) is 11.8. The van der Waals surface area contributed by atoms with Gasteiger partial charge >= 0.3 is 0 Å². The molecule has 2 nitrogen and oxygen atoms in total. The van der Waals surface area contributed by atoms with Crippen LogP contribution < -0.4 is 0 Å². The van der Waals surface area contributed by atoms with Crippen molar-refractivity contribution < 1.29 is 9.53 Å². The Morgan fingerprint density at radius 1 is 0.941 bits per heavy atom. The van der Waals surface area contributed by atoms with Gasteiger partial charge in [-0.05, 0) is 19.8 Å². The third-order valence-electron chi connectivity index (χ3n) is 3.05. The van der Waals surface area contributed by atoms with Gasteiger partial charge in [0.2, 0.25) is 0 Å². The molecule has 0 aliphatic carbocycles. The first kappa shape index (κ1) is 16.6. The van der Waals surface area contributed by atoms with Crippen LogP contribution in [0.2, 0.25) is 0 Å². The van der Waals surface area contributed by atoms with Crippen LogP contribution in [-0.2, 0) is 9.53 Å². The first-order chi connectivity index (χ1) is 8.26. The number of ketones is 1. The molecule has 1 atom stereocenters. The maximum Gasteiger partial charge on any atom is 0.161 e. The zero-order valence-electron chi connectivity index (χ0n) is 12.0. The highest BCUT2D eigenvalue weighted by atomic mass is 16.5. The fourth-order valence-electron chi connectivity index (χ4n) is 2.04. The quantitative estimate of drug-likeness (QED) is 0.471. The van der Waals surface area contributed by atoms with Gasteiger partial charge in [0.05, 0.1) is 0 Å². The van der Waals surface area contributed by atoms with Crippen molar-refractivity contribution in [1.29, 1.82) is 0 Å². The molecule has 0 aliphatic rings. The number of Topliss-reactive ketones (excluding diaryl/α,β-unsaturated/α-hetero) is 1. The smallest absolute Gasteiger partial charge is 0.161 e. The van der Waals surface area contributed by atoms with E-state index in [0.717, 1.165) is 19.3 Å². The molecule has 0 N–H and O–H groups in total. The number of unbranched alkanes of at least 4 members (excludes halogenated alkanes) is 5. The Morgan fingerprint density at radius 2 is 1.59 bits per heavy atom. The minimum atomic E-state index is -0.138. The molecule has 0 aromatic heterocycles. The molecule has 0 aliphatic heterocycles. The summed E-state index contributed by atoms with van der Waals surface area (Å²) >= 11 is 0. The van der Waals surface area contributed by atoms with Gasteiger partial charge in [0.25, 0.3) is 0 Å². The average Bonchev–Trinajstić information content (AvgIpc) is 2.33. The van der Waals surface area contributed by atoms with Crippen molar-refractivity contribution in [3.05, 3.63) is 0 Å². The van der Waals surface area contributed by atoms with Crippen LogP contribution in [-0.4, -0.2) is 18.5 Å². The van der Waals surface area contributed by atoms with Gasteiger partial charge in [-0.1, -0.05) is 52.4 Å². The second-order valence-electron chi connectivity index (χ2n) is 4.72. The lowest BCUT2D eigenvalue weighted by molar-refractivity contribution is -0.130. The van der Waals surface area contributed by atoms with E-state index < -0.39 is 0 Å². The zero-order chi connectivity index (χ0) is 12.9. The molecule has 0 bridgehead atoms. The summed E-state index contributed by atoms with van der Waals surface area (Å²) in [6.45, 7) is 6.93. The van der Waals surface area contributed by atoms with Gasteiger partial charge in [-0.25, -0.2) is 0 Å². The van der Waals surface area contributed by atoms with Crippen LogP contribution in [0.15, 0.2) is 0 Å². The molecule has 0 amide bonds. The Morgan fingerprint density at radius 3 is 2.18 bits per heavy atom. The SMILES string of the molecule is CCCCCCCCC(=O)C(CCC)OCC. The standard InChI is InChI=1S/C15H30O2/c1-4-7-8-9-10-11-13-14(16)15(12-5-2)17-6-3/h15H,4-13H2,1-3H3. The Hall–Kier alpha value is -0.370. The number of carbonyl (C=O) groups excluding carboxylic acids is 1. The summed E-state index contributed by atoms with van der Waals surface area (Å²) in [4.78, 5) is 11.9. The molecule has 102 valence electrons. The highest BCUT2D eigenvalue weighted by Gasteiger charge is 2.16. The third kappa shape index (κ3) is 9.34. The minimum absolute atomic E-state index is 0.138. The summed E-state index contributed by atoms with van der Waals surface area (Å²) in [6.07, 6.45) is 9.88. The summed E-state index contributed by atoms with van der Waals surface area (Å²) in [6, 6.07) is 0. The van der Waals surface area contributed by atoms with Crippen LogP contribution in [0.3, 0.4) is 0 Å². The molecule has 0 aromatic rings. The summed E-state index contributed by atoms with van der Waals surface area (Å²) < 4.78 is 5.49. The lowest BCUT2D eigenvalue weighted by atomic mass is 10.0. The predicted octanol–water partition coefficient (Wildman–Crippen LogP) is 4.51. The van der Waals surface area contributed by atoms with E-state index >= 15 is 0 Å².